The first kappa shape index (κ1) is 18.0. The molecule has 0 bridgehead atoms. The number of rotatable bonds is 6. The van der Waals surface area contributed by atoms with E-state index in [1.807, 2.05) is 0 Å². The van der Waals surface area contributed by atoms with Gasteiger partial charge in [-0.25, -0.2) is 8.42 Å². The van der Waals surface area contributed by atoms with Crippen molar-refractivity contribution in [2.45, 2.75) is 0 Å². The molecule has 1 aliphatic heterocycles. The molecule has 1 fully saturated rings. The predicted molar refractivity (Wildman–Crippen MR) is 89.7 cm³/mol. The van der Waals surface area contributed by atoms with Crippen LogP contribution in [0.5, 0.6) is 5.75 Å². The summed E-state index contributed by atoms with van der Waals surface area (Å²) in [6.07, 6.45) is 1.24. The Labute approximate surface area is 141 Å². The normalized spacial score (nSPS) is 16.3. The van der Waals surface area contributed by atoms with Crippen molar-refractivity contribution in [2.75, 3.05) is 51.3 Å². The predicted octanol–water partition coefficient (Wildman–Crippen LogP) is 0.908. The van der Waals surface area contributed by atoms with Gasteiger partial charge in [0.1, 0.15) is 15.6 Å². The average molecular weight is 361 g/mol. The molecular formula is C15H21ClN2O4S. The Bertz CT molecular complexity index is 625. The Hall–Kier alpha value is -1.31. The molecule has 0 atom stereocenters. The highest BCUT2D eigenvalue weighted by atomic mass is 35.5. The lowest BCUT2D eigenvalue weighted by atomic mass is 10.3. The first-order chi connectivity index (χ1) is 10.8. The van der Waals surface area contributed by atoms with E-state index in [1.54, 1.807) is 29.2 Å². The maximum absolute atomic E-state index is 12.1. The SMILES string of the molecule is CS(=O)(=O)CCN1CCN(C(=O)COc2ccc(Cl)cc2)CC1. The molecule has 0 radical (unpaired) electrons. The zero-order chi connectivity index (χ0) is 16.9. The molecule has 8 heteroatoms. The maximum atomic E-state index is 12.1. The lowest BCUT2D eigenvalue weighted by molar-refractivity contribution is -0.135. The van der Waals surface area contributed by atoms with Crippen molar-refractivity contribution in [3.8, 4) is 5.75 Å². The van der Waals surface area contributed by atoms with Gasteiger partial charge in [0.25, 0.3) is 5.91 Å². The highest BCUT2D eigenvalue weighted by Gasteiger charge is 2.21. The van der Waals surface area contributed by atoms with Gasteiger partial charge in [0, 0.05) is 44.0 Å². The number of carbonyl (C=O) groups is 1. The monoisotopic (exact) mass is 360 g/mol. The summed E-state index contributed by atoms with van der Waals surface area (Å²) in [5, 5.41) is 0.619. The van der Waals surface area contributed by atoms with Gasteiger partial charge >= 0.3 is 0 Å². The minimum atomic E-state index is -2.95. The summed E-state index contributed by atoms with van der Waals surface area (Å²) in [5.74, 6) is 0.693. The third-order valence-corrected chi connectivity index (χ3v) is 4.86. The summed E-state index contributed by atoms with van der Waals surface area (Å²) in [6.45, 7) is 3.05. The molecule has 0 spiro atoms. The summed E-state index contributed by atoms with van der Waals surface area (Å²) in [5.41, 5.74) is 0. The van der Waals surface area contributed by atoms with Crippen LogP contribution in [-0.2, 0) is 14.6 Å². The molecule has 128 valence electrons. The van der Waals surface area contributed by atoms with E-state index in [4.69, 9.17) is 16.3 Å². The molecule has 0 saturated carbocycles. The number of amides is 1. The van der Waals surface area contributed by atoms with Crippen molar-refractivity contribution in [3.05, 3.63) is 29.3 Å². The minimum absolute atomic E-state index is 0.00896. The van der Waals surface area contributed by atoms with Crippen molar-refractivity contribution < 1.29 is 17.9 Å². The third kappa shape index (κ3) is 6.37. The first-order valence-electron chi connectivity index (χ1n) is 7.40. The van der Waals surface area contributed by atoms with Crippen LogP contribution in [0.4, 0.5) is 0 Å². The Balaban J connectivity index is 1.72. The summed E-state index contributed by atoms with van der Waals surface area (Å²) in [4.78, 5) is 15.9. The van der Waals surface area contributed by atoms with Gasteiger partial charge in [0.2, 0.25) is 0 Å². The van der Waals surface area contributed by atoms with Crippen molar-refractivity contribution in [2.24, 2.45) is 0 Å². The fraction of sp³-hybridized carbons (Fsp3) is 0.533. The number of piperazine rings is 1. The van der Waals surface area contributed by atoms with Crippen LogP contribution in [0.15, 0.2) is 24.3 Å². The van der Waals surface area contributed by atoms with Crippen molar-refractivity contribution in [1.82, 2.24) is 9.80 Å². The van der Waals surface area contributed by atoms with Gasteiger partial charge in [0.15, 0.2) is 6.61 Å². The van der Waals surface area contributed by atoms with Gasteiger partial charge in [-0.15, -0.1) is 0 Å². The van der Waals surface area contributed by atoms with E-state index in [0.29, 0.717) is 43.5 Å². The van der Waals surface area contributed by atoms with Crippen LogP contribution < -0.4 is 4.74 Å². The smallest absolute Gasteiger partial charge is 0.260 e. The molecule has 6 nitrogen and oxygen atoms in total. The molecule has 2 rings (SSSR count). The zero-order valence-electron chi connectivity index (χ0n) is 13.1. The molecule has 1 aromatic rings. The van der Waals surface area contributed by atoms with E-state index in [1.165, 1.54) is 6.26 Å². The Morgan fingerprint density at radius 3 is 2.35 bits per heavy atom. The molecule has 23 heavy (non-hydrogen) atoms. The first-order valence-corrected chi connectivity index (χ1v) is 9.83. The standard InChI is InChI=1S/C15H21ClN2O4S/c1-23(20,21)11-10-17-6-8-18(9-7-17)15(19)12-22-14-4-2-13(16)3-5-14/h2-5H,6-12H2,1H3. The molecule has 1 aliphatic rings. The number of benzene rings is 1. The maximum Gasteiger partial charge on any atom is 0.260 e. The molecule has 1 amide bonds. The molecule has 0 N–H and O–H groups in total. The number of carbonyl (C=O) groups excluding carboxylic acids is 1. The van der Waals surface area contributed by atoms with E-state index in [9.17, 15) is 13.2 Å². The molecule has 1 saturated heterocycles. The van der Waals surface area contributed by atoms with Gasteiger partial charge in [-0.1, -0.05) is 11.6 Å². The second-order valence-electron chi connectivity index (χ2n) is 5.59. The summed E-state index contributed by atoms with van der Waals surface area (Å²) >= 11 is 5.79. The zero-order valence-corrected chi connectivity index (χ0v) is 14.6. The molecule has 0 unspecified atom stereocenters. The fourth-order valence-corrected chi connectivity index (χ4v) is 3.00. The molecule has 1 heterocycles. The Morgan fingerprint density at radius 1 is 1.17 bits per heavy atom. The molecule has 0 aromatic heterocycles. The van der Waals surface area contributed by atoms with E-state index >= 15 is 0 Å². The minimum Gasteiger partial charge on any atom is -0.484 e. The van der Waals surface area contributed by atoms with Gasteiger partial charge in [-0.05, 0) is 24.3 Å². The average Bonchev–Trinajstić information content (AvgIpc) is 2.52. The number of nitrogens with zero attached hydrogens (tertiary/aromatic N) is 2. The van der Waals surface area contributed by atoms with Crippen LogP contribution in [0.25, 0.3) is 0 Å². The largest absolute Gasteiger partial charge is 0.484 e. The van der Waals surface area contributed by atoms with Crippen LogP contribution in [0.2, 0.25) is 5.02 Å². The Kier molecular flexibility index (Phi) is 6.26. The van der Waals surface area contributed by atoms with Crippen molar-refractivity contribution in [1.29, 1.82) is 0 Å². The summed E-state index contributed by atoms with van der Waals surface area (Å²) in [6, 6.07) is 6.86. The number of hydrogen-bond acceptors (Lipinski definition) is 5. The number of sulfone groups is 1. The fourth-order valence-electron chi connectivity index (χ4n) is 2.28. The third-order valence-electron chi connectivity index (χ3n) is 3.68. The van der Waals surface area contributed by atoms with Gasteiger partial charge in [0.05, 0.1) is 5.75 Å². The highest BCUT2D eigenvalue weighted by Crippen LogP contribution is 2.15. The second-order valence-corrected chi connectivity index (χ2v) is 8.29. The second kappa shape index (κ2) is 7.99. The summed E-state index contributed by atoms with van der Waals surface area (Å²) in [7, 11) is -2.95. The van der Waals surface area contributed by atoms with E-state index in [0.717, 1.165) is 0 Å². The van der Waals surface area contributed by atoms with E-state index in [2.05, 4.69) is 4.90 Å². The van der Waals surface area contributed by atoms with Crippen molar-refractivity contribution in [3.63, 3.8) is 0 Å². The number of ether oxygens (including phenoxy) is 1. The lowest BCUT2D eigenvalue weighted by Crippen LogP contribution is -2.50. The molecule has 1 aromatic carbocycles. The van der Waals surface area contributed by atoms with Crippen molar-refractivity contribution >= 4 is 27.3 Å². The van der Waals surface area contributed by atoms with E-state index in [-0.39, 0.29) is 18.3 Å². The van der Waals surface area contributed by atoms with Crippen LogP contribution >= 0.6 is 11.6 Å². The quantitative estimate of drug-likeness (QED) is 0.754. The van der Waals surface area contributed by atoms with Gasteiger partial charge < -0.3 is 9.64 Å². The number of halogens is 1. The molecular weight excluding hydrogens is 340 g/mol. The molecule has 0 aliphatic carbocycles. The lowest BCUT2D eigenvalue weighted by Gasteiger charge is -2.34. The van der Waals surface area contributed by atoms with Gasteiger partial charge in [-0.3, -0.25) is 9.69 Å². The topological polar surface area (TPSA) is 66.9 Å². The van der Waals surface area contributed by atoms with E-state index < -0.39 is 9.84 Å². The Morgan fingerprint density at radius 2 is 1.78 bits per heavy atom. The highest BCUT2D eigenvalue weighted by molar-refractivity contribution is 7.90. The van der Waals surface area contributed by atoms with Crippen LogP contribution in [0.3, 0.4) is 0 Å². The van der Waals surface area contributed by atoms with Crippen LogP contribution in [0.1, 0.15) is 0 Å². The van der Waals surface area contributed by atoms with Gasteiger partial charge in [-0.2, -0.15) is 0 Å². The van der Waals surface area contributed by atoms with Crippen LogP contribution in [-0.4, -0.2) is 75.5 Å². The number of hydrogen-bond donors (Lipinski definition) is 0. The summed E-state index contributed by atoms with van der Waals surface area (Å²) < 4.78 is 27.8. The van der Waals surface area contributed by atoms with Crippen LogP contribution in [0, 0.1) is 0 Å².